The van der Waals surface area contributed by atoms with Crippen LogP contribution in [0.4, 0.5) is 0 Å². The van der Waals surface area contributed by atoms with E-state index in [9.17, 15) is 14.7 Å². The van der Waals surface area contributed by atoms with Crippen molar-refractivity contribution in [2.45, 2.75) is 18.9 Å². The normalized spacial score (nSPS) is 17.4. The van der Waals surface area contributed by atoms with Gasteiger partial charge in [0.25, 0.3) is 5.91 Å². The molecule has 1 aromatic heterocycles. The second kappa shape index (κ2) is 6.17. The third-order valence-corrected chi connectivity index (χ3v) is 3.70. The molecule has 0 bridgehead atoms. The Hall–Kier alpha value is -2.74. The summed E-state index contributed by atoms with van der Waals surface area (Å²) in [5, 5.41) is 25.9. The first-order valence-corrected chi connectivity index (χ1v) is 7.24. The number of carboxylic acids is 1. The summed E-state index contributed by atoms with van der Waals surface area (Å²) in [4.78, 5) is 24.6. The molecule has 23 heavy (non-hydrogen) atoms. The van der Waals surface area contributed by atoms with E-state index in [2.05, 4.69) is 10.3 Å². The van der Waals surface area contributed by atoms with Gasteiger partial charge in [0, 0.05) is 18.7 Å². The zero-order valence-electron chi connectivity index (χ0n) is 12.3. The standard InChI is InChI=1S/C15H16N4O4/c20-13-5-6-18(9-13)15(23)10-1-3-12(4-2-10)19-8-11(16-17-19)7-14(21)22/h1-4,8,13,20H,5-7,9H2,(H,21,22)/t13-/m0/s1. The molecule has 8 heteroatoms. The van der Waals surface area contributed by atoms with Crippen LogP contribution in [0.25, 0.3) is 5.69 Å². The zero-order valence-corrected chi connectivity index (χ0v) is 12.3. The van der Waals surface area contributed by atoms with Gasteiger partial charge in [-0.15, -0.1) is 5.10 Å². The van der Waals surface area contributed by atoms with E-state index in [1.54, 1.807) is 35.4 Å². The van der Waals surface area contributed by atoms with Gasteiger partial charge in [0.05, 0.1) is 30.1 Å². The smallest absolute Gasteiger partial charge is 0.309 e. The summed E-state index contributed by atoms with van der Waals surface area (Å²) < 4.78 is 1.46. The topological polar surface area (TPSA) is 109 Å². The Labute approximate surface area is 132 Å². The Morgan fingerprint density at radius 3 is 2.61 bits per heavy atom. The van der Waals surface area contributed by atoms with E-state index in [1.807, 2.05) is 0 Å². The number of hydrogen-bond donors (Lipinski definition) is 2. The van der Waals surface area contributed by atoms with Crippen LogP contribution in [0, 0.1) is 0 Å². The maximum atomic E-state index is 12.3. The molecular weight excluding hydrogens is 300 g/mol. The predicted molar refractivity (Wildman–Crippen MR) is 79.2 cm³/mol. The van der Waals surface area contributed by atoms with Crippen LogP contribution >= 0.6 is 0 Å². The van der Waals surface area contributed by atoms with E-state index in [-0.39, 0.29) is 12.3 Å². The van der Waals surface area contributed by atoms with Gasteiger partial charge < -0.3 is 15.1 Å². The molecule has 2 N–H and O–H groups in total. The minimum atomic E-state index is -0.967. The summed E-state index contributed by atoms with van der Waals surface area (Å²) in [5.74, 6) is -1.08. The molecule has 0 saturated carbocycles. The number of β-amino-alcohol motifs (C(OH)–C–C–N with tert-alkyl or cyclic N) is 1. The molecule has 0 aliphatic carbocycles. The summed E-state index contributed by atoms with van der Waals surface area (Å²) in [6.07, 6.45) is 1.52. The lowest BCUT2D eigenvalue weighted by Crippen LogP contribution is -2.29. The molecule has 2 heterocycles. The van der Waals surface area contributed by atoms with E-state index in [1.165, 1.54) is 4.68 Å². The highest BCUT2D eigenvalue weighted by molar-refractivity contribution is 5.94. The largest absolute Gasteiger partial charge is 0.481 e. The van der Waals surface area contributed by atoms with Gasteiger partial charge in [0.1, 0.15) is 0 Å². The quantitative estimate of drug-likeness (QED) is 0.828. The summed E-state index contributed by atoms with van der Waals surface area (Å²) in [6.45, 7) is 0.922. The average Bonchev–Trinajstić information content (AvgIpc) is 3.15. The Kier molecular flexibility index (Phi) is 4.07. The van der Waals surface area contributed by atoms with Crippen LogP contribution in [0.3, 0.4) is 0 Å². The lowest BCUT2D eigenvalue weighted by molar-refractivity contribution is -0.136. The third kappa shape index (κ3) is 3.37. The van der Waals surface area contributed by atoms with Crippen LogP contribution in [0.1, 0.15) is 22.5 Å². The molecule has 1 fully saturated rings. The molecule has 8 nitrogen and oxygen atoms in total. The Morgan fingerprint density at radius 1 is 1.26 bits per heavy atom. The van der Waals surface area contributed by atoms with Gasteiger partial charge in [-0.05, 0) is 30.7 Å². The van der Waals surface area contributed by atoms with Crippen molar-refractivity contribution in [1.29, 1.82) is 0 Å². The number of aliphatic carboxylic acids is 1. The highest BCUT2D eigenvalue weighted by Crippen LogP contribution is 2.15. The molecule has 1 amide bonds. The van der Waals surface area contributed by atoms with Crippen LogP contribution in [0.15, 0.2) is 30.5 Å². The molecule has 1 aliphatic rings. The minimum Gasteiger partial charge on any atom is -0.481 e. The van der Waals surface area contributed by atoms with Crippen LogP contribution in [0.2, 0.25) is 0 Å². The van der Waals surface area contributed by atoms with Crippen molar-refractivity contribution in [3.8, 4) is 5.69 Å². The van der Waals surface area contributed by atoms with Crippen molar-refractivity contribution in [2.24, 2.45) is 0 Å². The van der Waals surface area contributed by atoms with Crippen molar-refractivity contribution < 1.29 is 19.8 Å². The van der Waals surface area contributed by atoms with Crippen LogP contribution in [-0.4, -0.2) is 61.2 Å². The first kappa shape index (κ1) is 15.2. The lowest BCUT2D eigenvalue weighted by Gasteiger charge is -2.15. The maximum Gasteiger partial charge on any atom is 0.309 e. The van der Waals surface area contributed by atoms with Gasteiger partial charge in [-0.3, -0.25) is 9.59 Å². The van der Waals surface area contributed by atoms with Gasteiger partial charge >= 0.3 is 5.97 Å². The molecule has 2 aromatic rings. The molecule has 0 radical (unpaired) electrons. The number of carbonyl (C=O) groups excluding carboxylic acids is 1. The fourth-order valence-corrected chi connectivity index (χ4v) is 2.53. The van der Waals surface area contributed by atoms with Crippen LogP contribution in [0.5, 0.6) is 0 Å². The highest BCUT2D eigenvalue weighted by atomic mass is 16.4. The highest BCUT2D eigenvalue weighted by Gasteiger charge is 2.25. The number of aliphatic hydroxyl groups is 1. The fraction of sp³-hybridized carbons (Fsp3) is 0.333. The SMILES string of the molecule is O=C(O)Cc1cn(-c2ccc(C(=O)N3CC[C@H](O)C3)cc2)nn1. The van der Waals surface area contributed by atoms with Crippen LogP contribution in [-0.2, 0) is 11.2 Å². The second-order valence-electron chi connectivity index (χ2n) is 5.47. The summed E-state index contributed by atoms with van der Waals surface area (Å²) in [6, 6.07) is 6.81. The molecule has 120 valence electrons. The second-order valence-corrected chi connectivity index (χ2v) is 5.47. The average molecular weight is 316 g/mol. The Balaban J connectivity index is 1.73. The van der Waals surface area contributed by atoms with Crippen molar-refractivity contribution >= 4 is 11.9 Å². The molecule has 1 atom stereocenters. The van der Waals surface area contributed by atoms with Gasteiger partial charge in [0.15, 0.2) is 0 Å². The summed E-state index contributed by atoms with van der Waals surface area (Å²) >= 11 is 0. The number of carboxylic acid groups (broad SMARTS) is 1. The van der Waals surface area contributed by atoms with Gasteiger partial charge in [-0.25, -0.2) is 4.68 Å². The molecule has 3 rings (SSSR count). The number of benzene rings is 1. The van der Waals surface area contributed by atoms with E-state index >= 15 is 0 Å². The molecule has 1 aliphatic heterocycles. The predicted octanol–water partition coefficient (Wildman–Crippen LogP) is 0.101. The minimum absolute atomic E-state index is 0.113. The van der Waals surface area contributed by atoms with E-state index in [0.29, 0.717) is 36.5 Å². The molecule has 0 unspecified atom stereocenters. The molecular formula is C15H16N4O4. The number of amides is 1. The number of aromatic nitrogens is 3. The van der Waals surface area contributed by atoms with Crippen LogP contribution < -0.4 is 0 Å². The van der Waals surface area contributed by atoms with Crippen molar-refractivity contribution in [3.63, 3.8) is 0 Å². The zero-order chi connectivity index (χ0) is 16.4. The fourth-order valence-electron chi connectivity index (χ4n) is 2.53. The van der Waals surface area contributed by atoms with E-state index < -0.39 is 12.1 Å². The maximum absolute atomic E-state index is 12.3. The van der Waals surface area contributed by atoms with Crippen molar-refractivity contribution in [1.82, 2.24) is 19.9 Å². The Bertz CT molecular complexity index is 725. The first-order chi connectivity index (χ1) is 11.0. The number of carbonyl (C=O) groups is 2. The van der Waals surface area contributed by atoms with E-state index in [0.717, 1.165) is 0 Å². The summed E-state index contributed by atoms with van der Waals surface area (Å²) in [5.41, 5.74) is 1.59. The van der Waals surface area contributed by atoms with E-state index in [4.69, 9.17) is 5.11 Å². The molecule has 0 spiro atoms. The third-order valence-electron chi connectivity index (χ3n) is 3.70. The molecule has 1 aromatic carbocycles. The molecule has 1 saturated heterocycles. The van der Waals surface area contributed by atoms with Crippen molar-refractivity contribution in [3.05, 3.63) is 41.7 Å². The monoisotopic (exact) mass is 316 g/mol. The first-order valence-electron chi connectivity index (χ1n) is 7.24. The number of aliphatic hydroxyl groups excluding tert-OH is 1. The van der Waals surface area contributed by atoms with Gasteiger partial charge in [-0.2, -0.15) is 0 Å². The van der Waals surface area contributed by atoms with Gasteiger partial charge in [-0.1, -0.05) is 5.21 Å². The Morgan fingerprint density at radius 2 is 2.00 bits per heavy atom. The number of nitrogens with zero attached hydrogens (tertiary/aromatic N) is 4. The lowest BCUT2D eigenvalue weighted by atomic mass is 10.2. The number of likely N-dealkylation sites (tertiary alicyclic amines) is 1. The van der Waals surface area contributed by atoms with Gasteiger partial charge in [0.2, 0.25) is 0 Å². The number of hydrogen-bond acceptors (Lipinski definition) is 5. The summed E-state index contributed by atoms with van der Waals surface area (Å²) in [7, 11) is 0. The van der Waals surface area contributed by atoms with Crippen molar-refractivity contribution in [2.75, 3.05) is 13.1 Å². The number of rotatable bonds is 4.